The Balaban J connectivity index is 1.89. The Morgan fingerprint density at radius 1 is 1.35 bits per heavy atom. The molecule has 1 heterocycles. The van der Waals surface area contributed by atoms with Crippen molar-refractivity contribution in [1.82, 2.24) is 10.0 Å². The van der Waals surface area contributed by atoms with Crippen LogP contribution in [-0.2, 0) is 21.3 Å². The molecule has 0 atom stereocenters. The number of nitrogens with one attached hydrogen (secondary N) is 2. The Morgan fingerprint density at radius 3 is 2.75 bits per heavy atom. The highest BCUT2D eigenvalue weighted by Gasteiger charge is 2.34. The summed E-state index contributed by atoms with van der Waals surface area (Å²) in [6.45, 7) is 5.92. The summed E-state index contributed by atoms with van der Waals surface area (Å²) in [5, 5.41) is 3.06. The maximum absolute atomic E-state index is 12.1. The highest BCUT2D eigenvalue weighted by atomic mass is 32.2. The van der Waals surface area contributed by atoms with E-state index in [2.05, 4.69) is 10.0 Å². The summed E-state index contributed by atoms with van der Waals surface area (Å²) in [4.78, 5) is 0. The molecule has 0 spiro atoms. The highest BCUT2D eigenvalue weighted by molar-refractivity contribution is 7.89. The van der Waals surface area contributed by atoms with Crippen molar-refractivity contribution in [3.63, 3.8) is 0 Å². The van der Waals surface area contributed by atoms with Gasteiger partial charge in [-0.25, -0.2) is 13.1 Å². The van der Waals surface area contributed by atoms with E-state index >= 15 is 0 Å². The van der Waals surface area contributed by atoms with Crippen LogP contribution in [0.3, 0.4) is 0 Å². The van der Waals surface area contributed by atoms with Crippen molar-refractivity contribution in [3.05, 3.63) is 17.9 Å². The van der Waals surface area contributed by atoms with E-state index in [-0.39, 0.29) is 17.2 Å². The van der Waals surface area contributed by atoms with E-state index in [4.69, 9.17) is 9.15 Å². The molecule has 0 radical (unpaired) electrons. The number of hydrogen-bond donors (Lipinski definition) is 2. The summed E-state index contributed by atoms with van der Waals surface area (Å²) >= 11 is 0. The van der Waals surface area contributed by atoms with Crippen LogP contribution < -0.4 is 10.0 Å². The summed E-state index contributed by atoms with van der Waals surface area (Å²) in [5.74, 6) is 0.619. The molecule has 1 aromatic rings. The molecule has 0 aliphatic heterocycles. The van der Waals surface area contributed by atoms with Crippen LogP contribution in [-0.4, -0.2) is 33.7 Å². The lowest BCUT2D eigenvalue weighted by Crippen LogP contribution is -2.47. The van der Waals surface area contributed by atoms with Gasteiger partial charge in [-0.05, 0) is 38.4 Å². The van der Waals surface area contributed by atoms with Crippen molar-refractivity contribution in [2.75, 3.05) is 13.2 Å². The fourth-order valence-corrected chi connectivity index (χ4v) is 3.37. The van der Waals surface area contributed by atoms with E-state index in [0.717, 1.165) is 19.4 Å². The molecule has 0 amide bonds. The van der Waals surface area contributed by atoms with Gasteiger partial charge in [-0.3, -0.25) is 0 Å². The van der Waals surface area contributed by atoms with Crippen molar-refractivity contribution in [2.24, 2.45) is 0 Å². The summed E-state index contributed by atoms with van der Waals surface area (Å²) in [5.41, 5.74) is 0. The van der Waals surface area contributed by atoms with Gasteiger partial charge in [0.1, 0.15) is 5.76 Å². The van der Waals surface area contributed by atoms with E-state index in [9.17, 15) is 8.42 Å². The van der Waals surface area contributed by atoms with Crippen LogP contribution >= 0.6 is 0 Å². The molecule has 1 saturated carbocycles. The van der Waals surface area contributed by atoms with Crippen molar-refractivity contribution < 1.29 is 17.6 Å². The van der Waals surface area contributed by atoms with Crippen LogP contribution in [0.4, 0.5) is 0 Å². The second kappa shape index (κ2) is 6.71. The van der Waals surface area contributed by atoms with Gasteiger partial charge in [-0.1, -0.05) is 6.92 Å². The highest BCUT2D eigenvalue weighted by Crippen LogP contribution is 2.25. The van der Waals surface area contributed by atoms with Crippen molar-refractivity contribution in [1.29, 1.82) is 0 Å². The molecule has 0 bridgehead atoms. The number of rotatable bonds is 8. The fraction of sp³-hybridized carbons (Fsp3) is 0.692. The van der Waals surface area contributed by atoms with E-state index in [1.807, 2.05) is 13.8 Å². The summed E-state index contributed by atoms with van der Waals surface area (Å²) in [6, 6.07) is 3.12. The van der Waals surface area contributed by atoms with Gasteiger partial charge in [-0.15, -0.1) is 0 Å². The molecule has 1 aliphatic carbocycles. The monoisotopic (exact) mass is 302 g/mol. The van der Waals surface area contributed by atoms with Gasteiger partial charge in [0.15, 0.2) is 0 Å². The average molecular weight is 302 g/mol. The van der Waals surface area contributed by atoms with Crippen LogP contribution in [0, 0.1) is 0 Å². The maximum atomic E-state index is 12.1. The van der Waals surface area contributed by atoms with Crippen LogP contribution in [0.15, 0.2) is 21.6 Å². The van der Waals surface area contributed by atoms with Crippen LogP contribution in [0.5, 0.6) is 0 Å². The zero-order chi connectivity index (χ0) is 14.6. The predicted molar refractivity (Wildman–Crippen MR) is 74.8 cm³/mol. The van der Waals surface area contributed by atoms with Crippen LogP contribution in [0.25, 0.3) is 0 Å². The second-order valence-corrected chi connectivity index (χ2v) is 6.51. The third-order valence-corrected chi connectivity index (χ3v) is 4.66. The number of sulfonamides is 1. The predicted octanol–water partition coefficient (Wildman–Crippen LogP) is 1.23. The van der Waals surface area contributed by atoms with Gasteiger partial charge in [0, 0.05) is 12.6 Å². The van der Waals surface area contributed by atoms with E-state index in [0.29, 0.717) is 18.9 Å². The fourth-order valence-electron chi connectivity index (χ4n) is 2.16. The first kappa shape index (κ1) is 15.5. The van der Waals surface area contributed by atoms with E-state index < -0.39 is 10.0 Å². The molecule has 1 fully saturated rings. The first-order valence-corrected chi connectivity index (χ1v) is 8.46. The number of furan rings is 1. The minimum Gasteiger partial charge on any atom is -0.447 e. The van der Waals surface area contributed by atoms with Crippen molar-refractivity contribution in [3.8, 4) is 0 Å². The molecular formula is C13H22N2O4S. The van der Waals surface area contributed by atoms with Gasteiger partial charge in [0.2, 0.25) is 5.09 Å². The zero-order valence-electron chi connectivity index (χ0n) is 11.9. The average Bonchev–Trinajstić information content (AvgIpc) is 2.83. The standard InChI is InChI=1S/C13H22N2O4S/c1-3-14-9-11-5-6-13(19-11)20(16,17)15-10-7-12(8-10)18-4-2/h5-6,10,12,14-15H,3-4,7-9H2,1-2H3. The topological polar surface area (TPSA) is 80.6 Å². The maximum Gasteiger partial charge on any atom is 0.274 e. The normalized spacial score (nSPS) is 22.7. The largest absolute Gasteiger partial charge is 0.447 e. The number of hydrogen-bond acceptors (Lipinski definition) is 5. The Kier molecular flexibility index (Phi) is 5.20. The lowest BCUT2D eigenvalue weighted by molar-refractivity contribution is -0.00483. The summed E-state index contributed by atoms with van der Waals surface area (Å²) < 4.78 is 37.6. The Hall–Kier alpha value is -0.890. The van der Waals surface area contributed by atoms with E-state index in [1.54, 1.807) is 6.07 Å². The quantitative estimate of drug-likeness (QED) is 0.755. The van der Waals surface area contributed by atoms with E-state index in [1.165, 1.54) is 6.07 Å². The third kappa shape index (κ3) is 3.82. The zero-order valence-corrected chi connectivity index (χ0v) is 12.7. The molecular weight excluding hydrogens is 280 g/mol. The first-order chi connectivity index (χ1) is 9.55. The molecule has 0 unspecified atom stereocenters. The molecule has 2 rings (SSSR count). The Labute approximate surface area is 119 Å². The van der Waals surface area contributed by atoms with Crippen molar-refractivity contribution >= 4 is 10.0 Å². The second-order valence-electron chi connectivity index (χ2n) is 4.87. The smallest absolute Gasteiger partial charge is 0.274 e. The molecule has 114 valence electrons. The van der Waals surface area contributed by atoms with Crippen molar-refractivity contribution in [2.45, 2.75) is 50.5 Å². The van der Waals surface area contributed by atoms with Gasteiger partial charge in [-0.2, -0.15) is 0 Å². The first-order valence-electron chi connectivity index (χ1n) is 6.98. The number of ether oxygens (including phenoxy) is 1. The SMILES string of the molecule is CCNCc1ccc(S(=O)(=O)NC2CC(OCC)C2)o1. The Morgan fingerprint density at radius 2 is 2.10 bits per heavy atom. The molecule has 0 aromatic carbocycles. The Bertz CT molecular complexity index is 520. The molecule has 2 N–H and O–H groups in total. The lowest BCUT2D eigenvalue weighted by Gasteiger charge is -2.34. The lowest BCUT2D eigenvalue weighted by atomic mass is 9.90. The van der Waals surface area contributed by atoms with Gasteiger partial charge < -0.3 is 14.5 Å². The minimum atomic E-state index is -3.56. The molecule has 1 aromatic heterocycles. The van der Waals surface area contributed by atoms with Gasteiger partial charge in [0.25, 0.3) is 10.0 Å². The molecule has 1 aliphatic rings. The van der Waals surface area contributed by atoms with Crippen LogP contribution in [0.2, 0.25) is 0 Å². The molecule has 20 heavy (non-hydrogen) atoms. The van der Waals surface area contributed by atoms with Gasteiger partial charge in [0.05, 0.1) is 12.6 Å². The third-order valence-electron chi connectivity index (χ3n) is 3.27. The molecule has 7 heteroatoms. The molecule has 0 saturated heterocycles. The minimum absolute atomic E-state index is 0.0229. The van der Waals surface area contributed by atoms with Crippen LogP contribution in [0.1, 0.15) is 32.4 Å². The molecule has 6 nitrogen and oxygen atoms in total. The summed E-state index contributed by atoms with van der Waals surface area (Å²) in [7, 11) is -3.56. The summed E-state index contributed by atoms with van der Waals surface area (Å²) in [6.07, 6.45) is 1.62. The van der Waals surface area contributed by atoms with Gasteiger partial charge >= 0.3 is 0 Å².